The Hall–Kier alpha value is -2.90. The van der Waals surface area contributed by atoms with Gasteiger partial charge in [-0.25, -0.2) is 0 Å². The number of phenolic OH excluding ortho intramolecular Hbond substituents is 1. The van der Waals surface area contributed by atoms with E-state index in [-0.39, 0.29) is 23.9 Å². The van der Waals surface area contributed by atoms with Gasteiger partial charge in [0, 0.05) is 36.9 Å². The van der Waals surface area contributed by atoms with Gasteiger partial charge in [0.1, 0.15) is 5.75 Å². The summed E-state index contributed by atoms with van der Waals surface area (Å²) in [5, 5.41) is 13.9. The number of phenols is 1. The van der Waals surface area contributed by atoms with Gasteiger partial charge in [0.15, 0.2) is 5.11 Å². The molecule has 0 bridgehead atoms. The molecule has 2 saturated heterocycles. The molecule has 7 heteroatoms. The molecule has 0 radical (unpaired) electrons. The van der Waals surface area contributed by atoms with E-state index in [2.05, 4.69) is 25.8 Å². The summed E-state index contributed by atoms with van der Waals surface area (Å²) in [6.07, 6.45) is 6.20. The standard InChI is InChI=1S/C23H24N4O2S/c28-17-10-8-16(9-11-17)26-13-3-7-20(26)22-21(19-6-1-2-12-24-19)25-23(30)27(22)15-18-5-4-14-29-18/h1-3,6-13,18,21-22,28H,4-5,14-15H2,(H,25,30)/t18-,21+,22-/m0/s1. The lowest BCUT2D eigenvalue weighted by atomic mass is 10.0. The number of aromatic hydroxyl groups is 1. The molecular weight excluding hydrogens is 396 g/mol. The van der Waals surface area contributed by atoms with Gasteiger partial charge in [-0.05, 0) is 73.6 Å². The summed E-state index contributed by atoms with van der Waals surface area (Å²) in [5.74, 6) is 0.252. The number of nitrogens with zero attached hydrogens (tertiary/aromatic N) is 3. The molecule has 0 amide bonds. The first-order valence-electron chi connectivity index (χ1n) is 10.3. The molecule has 5 rings (SSSR count). The highest BCUT2D eigenvalue weighted by Gasteiger charge is 2.42. The summed E-state index contributed by atoms with van der Waals surface area (Å²) in [4.78, 5) is 6.86. The topological polar surface area (TPSA) is 62.5 Å². The second-order valence-corrected chi connectivity index (χ2v) is 8.12. The Labute approximate surface area is 181 Å². The highest BCUT2D eigenvalue weighted by molar-refractivity contribution is 7.80. The number of nitrogens with one attached hydrogen (secondary N) is 1. The van der Waals surface area contributed by atoms with E-state index in [4.69, 9.17) is 17.0 Å². The van der Waals surface area contributed by atoms with Crippen LogP contribution in [-0.2, 0) is 4.74 Å². The summed E-state index contributed by atoms with van der Waals surface area (Å²) in [7, 11) is 0. The van der Waals surface area contributed by atoms with E-state index >= 15 is 0 Å². The SMILES string of the molecule is Oc1ccc(-n2cccc2[C@H]2[C@@H](c3ccccn3)NC(=S)N2C[C@@H]2CCCO2)cc1. The van der Waals surface area contributed by atoms with Crippen molar-refractivity contribution in [1.82, 2.24) is 19.8 Å². The van der Waals surface area contributed by atoms with Gasteiger partial charge in [0.25, 0.3) is 0 Å². The fraction of sp³-hybridized carbons (Fsp3) is 0.304. The third-order valence-electron chi connectivity index (χ3n) is 5.83. The smallest absolute Gasteiger partial charge is 0.170 e. The number of aromatic nitrogens is 2. The van der Waals surface area contributed by atoms with Crippen molar-refractivity contribution in [2.45, 2.75) is 31.0 Å². The molecule has 2 N–H and O–H groups in total. The van der Waals surface area contributed by atoms with Crippen molar-refractivity contribution < 1.29 is 9.84 Å². The fourth-order valence-corrected chi connectivity index (χ4v) is 4.73. The fourth-order valence-electron chi connectivity index (χ4n) is 4.41. The first-order valence-corrected chi connectivity index (χ1v) is 10.7. The van der Waals surface area contributed by atoms with Crippen LogP contribution >= 0.6 is 12.2 Å². The number of ether oxygens (including phenoxy) is 1. The van der Waals surface area contributed by atoms with Gasteiger partial charge in [0.2, 0.25) is 0 Å². The Morgan fingerprint density at radius 3 is 2.73 bits per heavy atom. The third-order valence-corrected chi connectivity index (χ3v) is 6.19. The Morgan fingerprint density at radius 2 is 2.00 bits per heavy atom. The lowest BCUT2D eigenvalue weighted by Gasteiger charge is -2.30. The van der Waals surface area contributed by atoms with Crippen LogP contribution in [-0.4, -0.2) is 43.9 Å². The maximum Gasteiger partial charge on any atom is 0.170 e. The molecule has 4 heterocycles. The van der Waals surface area contributed by atoms with Crippen LogP contribution in [0.3, 0.4) is 0 Å². The van der Waals surface area contributed by atoms with Crippen LogP contribution in [0, 0.1) is 0 Å². The summed E-state index contributed by atoms with van der Waals surface area (Å²) in [6.45, 7) is 1.57. The number of hydrogen-bond donors (Lipinski definition) is 2. The van der Waals surface area contributed by atoms with Crippen molar-refractivity contribution in [3.8, 4) is 11.4 Å². The maximum atomic E-state index is 9.70. The van der Waals surface area contributed by atoms with Crippen LogP contribution in [0.4, 0.5) is 0 Å². The average Bonchev–Trinajstić information content (AvgIpc) is 3.51. The Morgan fingerprint density at radius 1 is 1.13 bits per heavy atom. The van der Waals surface area contributed by atoms with Crippen LogP contribution in [0.5, 0.6) is 5.75 Å². The van der Waals surface area contributed by atoms with Crippen molar-refractivity contribution in [2.24, 2.45) is 0 Å². The molecule has 2 aliphatic rings. The second-order valence-electron chi connectivity index (χ2n) is 7.73. The van der Waals surface area contributed by atoms with Crippen LogP contribution in [0.1, 0.15) is 36.3 Å². The minimum absolute atomic E-state index is 0.0274. The van der Waals surface area contributed by atoms with Crippen LogP contribution in [0.25, 0.3) is 5.69 Å². The first-order chi connectivity index (χ1) is 14.7. The van der Waals surface area contributed by atoms with Crippen molar-refractivity contribution in [3.63, 3.8) is 0 Å². The second kappa shape index (κ2) is 8.08. The molecule has 2 aromatic heterocycles. The van der Waals surface area contributed by atoms with Crippen LogP contribution in [0.2, 0.25) is 0 Å². The molecule has 2 fully saturated rings. The first kappa shape index (κ1) is 19.1. The van der Waals surface area contributed by atoms with Gasteiger partial charge in [-0.2, -0.15) is 0 Å². The normalized spacial score (nSPS) is 23.7. The van der Waals surface area contributed by atoms with Crippen molar-refractivity contribution in [1.29, 1.82) is 0 Å². The van der Waals surface area contributed by atoms with Crippen molar-refractivity contribution in [2.75, 3.05) is 13.2 Å². The zero-order valence-corrected chi connectivity index (χ0v) is 17.3. The molecule has 0 unspecified atom stereocenters. The molecule has 2 aliphatic heterocycles. The number of benzene rings is 1. The van der Waals surface area contributed by atoms with E-state index in [0.29, 0.717) is 0 Å². The van der Waals surface area contributed by atoms with E-state index in [1.165, 1.54) is 0 Å². The summed E-state index contributed by atoms with van der Waals surface area (Å²) in [6, 6.07) is 17.3. The van der Waals surface area contributed by atoms with E-state index in [1.807, 2.05) is 48.8 Å². The maximum absolute atomic E-state index is 9.70. The number of thiocarbonyl (C=S) groups is 1. The Balaban J connectivity index is 1.56. The summed E-state index contributed by atoms with van der Waals surface area (Å²) in [5.41, 5.74) is 3.06. The number of hydrogen-bond acceptors (Lipinski definition) is 4. The molecule has 154 valence electrons. The highest BCUT2D eigenvalue weighted by atomic mass is 32.1. The van der Waals surface area contributed by atoms with Crippen molar-refractivity contribution >= 4 is 17.3 Å². The molecule has 0 aliphatic carbocycles. The van der Waals surface area contributed by atoms with Gasteiger partial charge >= 0.3 is 0 Å². The predicted octanol–water partition coefficient (Wildman–Crippen LogP) is 3.73. The van der Waals surface area contributed by atoms with Gasteiger partial charge in [-0.15, -0.1) is 0 Å². The van der Waals surface area contributed by atoms with E-state index in [0.717, 1.165) is 48.2 Å². The molecule has 30 heavy (non-hydrogen) atoms. The zero-order chi connectivity index (χ0) is 20.5. The lowest BCUT2D eigenvalue weighted by molar-refractivity contribution is 0.0836. The van der Waals surface area contributed by atoms with Crippen LogP contribution in [0.15, 0.2) is 67.0 Å². The van der Waals surface area contributed by atoms with E-state index in [9.17, 15) is 5.11 Å². The largest absolute Gasteiger partial charge is 0.508 e. The van der Waals surface area contributed by atoms with Gasteiger partial charge in [-0.1, -0.05) is 6.07 Å². The number of rotatable bonds is 5. The summed E-state index contributed by atoms with van der Waals surface area (Å²) >= 11 is 5.77. The minimum atomic E-state index is -0.0640. The average molecular weight is 421 g/mol. The molecule has 3 aromatic rings. The van der Waals surface area contributed by atoms with Gasteiger partial charge in [0.05, 0.1) is 23.9 Å². The Kier molecular flexibility index (Phi) is 5.14. The van der Waals surface area contributed by atoms with E-state index < -0.39 is 0 Å². The van der Waals surface area contributed by atoms with Gasteiger partial charge < -0.3 is 24.6 Å². The quantitative estimate of drug-likeness (QED) is 0.614. The molecular formula is C23H24N4O2S. The molecule has 1 aromatic carbocycles. The minimum Gasteiger partial charge on any atom is -0.508 e. The third kappa shape index (κ3) is 3.55. The van der Waals surface area contributed by atoms with Crippen molar-refractivity contribution in [3.05, 3.63) is 78.4 Å². The monoisotopic (exact) mass is 420 g/mol. The lowest BCUT2D eigenvalue weighted by Crippen LogP contribution is -2.36. The molecule has 3 atom stereocenters. The molecule has 0 saturated carbocycles. The predicted molar refractivity (Wildman–Crippen MR) is 119 cm³/mol. The summed E-state index contributed by atoms with van der Waals surface area (Å²) < 4.78 is 8.07. The van der Waals surface area contributed by atoms with Gasteiger partial charge in [-0.3, -0.25) is 4.98 Å². The zero-order valence-electron chi connectivity index (χ0n) is 16.5. The molecule has 0 spiro atoms. The van der Waals surface area contributed by atoms with E-state index in [1.54, 1.807) is 12.1 Å². The highest BCUT2D eigenvalue weighted by Crippen LogP contribution is 2.40. The Bertz CT molecular complexity index is 1020. The molecule has 6 nitrogen and oxygen atoms in total. The van der Waals surface area contributed by atoms with Crippen LogP contribution < -0.4 is 5.32 Å². The number of pyridine rings is 1.